The van der Waals surface area contributed by atoms with E-state index in [-0.39, 0.29) is 11.9 Å². The number of thiol groups is 1. The fourth-order valence-electron chi connectivity index (χ4n) is 2.86. The number of hydrogen-bond acceptors (Lipinski definition) is 5. The van der Waals surface area contributed by atoms with Crippen molar-refractivity contribution in [3.8, 4) is 0 Å². The summed E-state index contributed by atoms with van der Waals surface area (Å²) in [7, 11) is 0. The number of carbonyl (C=O) groups is 1. The van der Waals surface area contributed by atoms with Gasteiger partial charge in [0.05, 0.1) is 11.3 Å². The molecule has 1 unspecified atom stereocenters. The minimum absolute atomic E-state index is 0.144. The molecular formula is C17H20N4OS. The minimum atomic E-state index is -0.144. The van der Waals surface area contributed by atoms with Gasteiger partial charge in [-0.1, -0.05) is 0 Å². The molecule has 0 aromatic carbocycles. The van der Waals surface area contributed by atoms with E-state index in [9.17, 15) is 4.79 Å². The molecule has 0 saturated carbocycles. The molecule has 0 radical (unpaired) electrons. The Morgan fingerprint density at radius 1 is 1.26 bits per heavy atom. The average molecular weight is 328 g/mol. The van der Waals surface area contributed by atoms with Gasteiger partial charge in [0, 0.05) is 18.4 Å². The Bertz CT molecular complexity index is 734. The summed E-state index contributed by atoms with van der Waals surface area (Å²) < 4.78 is 0. The number of fused-ring (bicyclic) bond motifs is 2. The standard InChI is InChI=1S/C17H20N4OS/c1-11-7-9-19-16-14(11)20-17(22)13-6-3-8-18-15(13)21(16)12(2)5-4-10-23/h3,6-9,12,23H,4-5,10H2,1-2H3,(H,20,22). The van der Waals surface area contributed by atoms with Gasteiger partial charge < -0.3 is 10.2 Å². The predicted molar refractivity (Wildman–Crippen MR) is 95.9 cm³/mol. The minimum Gasteiger partial charge on any atom is -0.318 e. The summed E-state index contributed by atoms with van der Waals surface area (Å²) in [6, 6.07) is 5.65. The fourth-order valence-corrected chi connectivity index (χ4v) is 3.04. The summed E-state index contributed by atoms with van der Waals surface area (Å²) in [6.07, 6.45) is 5.42. The number of carbonyl (C=O) groups excluding carboxylic acids is 1. The van der Waals surface area contributed by atoms with E-state index in [1.165, 1.54) is 0 Å². The first-order valence-electron chi connectivity index (χ1n) is 7.75. The molecule has 1 amide bonds. The van der Waals surface area contributed by atoms with E-state index < -0.39 is 0 Å². The molecule has 0 aliphatic carbocycles. The second kappa shape index (κ2) is 6.58. The molecule has 5 nitrogen and oxygen atoms in total. The molecular weight excluding hydrogens is 308 g/mol. The molecule has 0 spiro atoms. The normalized spacial score (nSPS) is 14.6. The van der Waals surface area contributed by atoms with Crippen LogP contribution in [-0.2, 0) is 0 Å². The van der Waals surface area contributed by atoms with Crippen LogP contribution in [0.5, 0.6) is 0 Å². The summed E-state index contributed by atoms with van der Waals surface area (Å²) in [5, 5.41) is 2.99. The van der Waals surface area contributed by atoms with E-state index in [2.05, 4.69) is 39.7 Å². The van der Waals surface area contributed by atoms with Crippen molar-refractivity contribution in [3.05, 3.63) is 41.7 Å². The van der Waals surface area contributed by atoms with E-state index in [0.29, 0.717) is 11.4 Å². The van der Waals surface area contributed by atoms with Gasteiger partial charge in [0.25, 0.3) is 5.91 Å². The molecule has 2 aromatic rings. The molecule has 3 rings (SSSR count). The molecule has 1 N–H and O–H groups in total. The zero-order valence-electron chi connectivity index (χ0n) is 13.3. The van der Waals surface area contributed by atoms with E-state index >= 15 is 0 Å². The molecule has 6 heteroatoms. The summed E-state index contributed by atoms with van der Waals surface area (Å²) in [5.74, 6) is 2.10. The number of nitrogens with one attached hydrogen (secondary N) is 1. The van der Waals surface area contributed by atoms with Crippen LogP contribution in [0.2, 0.25) is 0 Å². The van der Waals surface area contributed by atoms with Crippen molar-refractivity contribution in [2.75, 3.05) is 16.0 Å². The van der Waals surface area contributed by atoms with Crippen molar-refractivity contribution >= 4 is 35.9 Å². The number of hydrogen-bond donors (Lipinski definition) is 2. The quantitative estimate of drug-likeness (QED) is 0.842. The van der Waals surface area contributed by atoms with E-state index in [1.54, 1.807) is 24.5 Å². The third kappa shape index (κ3) is 2.91. The maximum atomic E-state index is 12.6. The van der Waals surface area contributed by atoms with Crippen LogP contribution in [0.25, 0.3) is 0 Å². The van der Waals surface area contributed by atoms with Gasteiger partial charge >= 0.3 is 0 Å². The maximum Gasteiger partial charge on any atom is 0.259 e. The van der Waals surface area contributed by atoms with E-state index in [4.69, 9.17) is 0 Å². The molecule has 1 aliphatic heterocycles. The van der Waals surface area contributed by atoms with Crippen LogP contribution in [0.3, 0.4) is 0 Å². The first kappa shape index (κ1) is 15.8. The summed E-state index contributed by atoms with van der Waals surface area (Å²) >= 11 is 4.31. The van der Waals surface area contributed by atoms with Crippen molar-refractivity contribution in [2.24, 2.45) is 0 Å². The SMILES string of the molecule is Cc1ccnc2c1NC(=O)c1cccnc1N2C(C)CCCS. The molecule has 1 aliphatic rings. The highest BCUT2D eigenvalue weighted by molar-refractivity contribution is 7.80. The lowest BCUT2D eigenvalue weighted by molar-refractivity contribution is 0.102. The van der Waals surface area contributed by atoms with Gasteiger partial charge in [-0.2, -0.15) is 12.6 Å². The summed E-state index contributed by atoms with van der Waals surface area (Å²) in [4.78, 5) is 23.7. The van der Waals surface area contributed by atoms with Gasteiger partial charge in [0.15, 0.2) is 5.82 Å². The van der Waals surface area contributed by atoms with Gasteiger partial charge in [0.1, 0.15) is 5.82 Å². The molecule has 23 heavy (non-hydrogen) atoms. The molecule has 0 saturated heterocycles. The first-order chi connectivity index (χ1) is 11.1. The predicted octanol–water partition coefficient (Wildman–Crippen LogP) is 3.59. The Labute approximate surface area is 141 Å². The van der Waals surface area contributed by atoms with Gasteiger partial charge in [-0.3, -0.25) is 4.79 Å². The highest BCUT2D eigenvalue weighted by Gasteiger charge is 2.30. The van der Waals surface area contributed by atoms with Gasteiger partial charge in [0.2, 0.25) is 0 Å². The Hall–Kier alpha value is -2.08. The lowest BCUT2D eigenvalue weighted by Gasteiger charge is -2.30. The average Bonchev–Trinajstić information content (AvgIpc) is 2.68. The Morgan fingerprint density at radius 2 is 2.04 bits per heavy atom. The number of aryl methyl sites for hydroxylation is 1. The molecule has 2 aromatic heterocycles. The number of aromatic nitrogens is 2. The lowest BCUT2D eigenvalue weighted by atomic mass is 10.1. The Morgan fingerprint density at radius 3 is 2.83 bits per heavy atom. The maximum absolute atomic E-state index is 12.6. The second-order valence-electron chi connectivity index (χ2n) is 5.74. The van der Waals surface area contributed by atoms with Gasteiger partial charge in [-0.05, 0) is 56.2 Å². The fraction of sp³-hybridized carbons (Fsp3) is 0.353. The number of rotatable bonds is 4. The zero-order chi connectivity index (χ0) is 16.4. The monoisotopic (exact) mass is 328 g/mol. The van der Waals surface area contributed by atoms with Crippen LogP contribution >= 0.6 is 12.6 Å². The highest BCUT2D eigenvalue weighted by atomic mass is 32.1. The Balaban J connectivity index is 2.18. The number of nitrogens with zero attached hydrogens (tertiary/aromatic N) is 3. The van der Waals surface area contributed by atoms with Crippen molar-refractivity contribution < 1.29 is 4.79 Å². The van der Waals surface area contributed by atoms with Crippen molar-refractivity contribution in [1.82, 2.24) is 9.97 Å². The van der Waals surface area contributed by atoms with Gasteiger partial charge in [-0.15, -0.1) is 0 Å². The van der Waals surface area contributed by atoms with E-state index in [0.717, 1.165) is 35.7 Å². The van der Waals surface area contributed by atoms with Crippen molar-refractivity contribution in [2.45, 2.75) is 32.7 Å². The topological polar surface area (TPSA) is 58.1 Å². The van der Waals surface area contributed by atoms with Crippen LogP contribution < -0.4 is 10.2 Å². The van der Waals surface area contributed by atoms with Crippen LogP contribution in [0.1, 0.15) is 35.7 Å². The largest absolute Gasteiger partial charge is 0.318 e. The summed E-state index contributed by atoms with van der Waals surface area (Å²) in [5.41, 5.74) is 2.32. The third-order valence-electron chi connectivity index (χ3n) is 4.09. The van der Waals surface area contributed by atoms with E-state index in [1.807, 2.05) is 13.0 Å². The second-order valence-corrected chi connectivity index (χ2v) is 6.19. The zero-order valence-corrected chi connectivity index (χ0v) is 14.2. The van der Waals surface area contributed by atoms with Crippen LogP contribution in [0.4, 0.5) is 17.3 Å². The molecule has 120 valence electrons. The molecule has 0 bridgehead atoms. The van der Waals surface area contributed by atoms with Crippen LogP contribution in [0, 0.1) is 6.92 Å². The van der Waals surface area contributed by atoms with Crippen LogP contribution in [-0.4, -0.2) is 27.7 Å². The highest BCUT2D eigenvalue weighted by Crippen LogP contribution is 2.38. The Kier molecular flexibility index (Phi) is 4.52. The molecule has 3 heterocycles. The number of pyridine rings is 2. The molecule has 0 fully saturated rings. The lowest BCUT2D eigenvalue weighted by Crippen LogP contribution is -2.30. The number of anilines is 3. The first-order valence-corrected chi connectivity index (χ1v) is 8.38. The smallest absolute Gasteiger partial charge is 0.259 e. The van der Waals surface area contributed by atoms with Crippen molar-refractivity contribution in [3.63, 3.8) is 0 Å². The summed E-state index contributed by atoms with van der Waals surface area (Å²) in [6.45, 7) is 4.10. The van der Waals surface area contributed by atoms with Crippen molar-refractivity contribution in [1.29, 1.82) is 0 Å². The van der Waals surface area contributed by atoms with Gasteiger partial charge in [-0.25, -0.2) is 9.97 Å². The van der Waals surface area contributed by atoms with Crippen LogP contribution in [0.15, 0.2) is 30.6 Å². The third-order valence-corrected chi connectivity index (χ3v) is 4.40. The number of amides is 1. The molecule has 1 atom stereocenters.